The number of amides is 1. The van der Waals surface area contributed by atoms with Gasteiger partial charge in [-0.3, -0.25) is 14.8 Å². The topological polar surface area (TPSA) is 116 Å². The highest BCUT2D eigenvalue weighted by molar-refractivity contribution is 7.91. The molecule has 3 rings (SSSR count). The summed E-state index contributed by atoms with van der Waals surface area (Å²) in [5.41, 5.74) is -3.71. The predicted molar refractivity (Wildman–Crippen MR) is 129 cm³/mol. The number of carbonyl (C=O) groups excluding carboxylic acids is 1. The van der Waals surface area contributed by atoms with Gasteiger partial charge in [-0.2, -0.15) is 18.3 Å². The summed E-state index contributed by atoms with van der Waals surface area (Å²) >= 11 is 0. The highest BCUT2D eigenvalue weighted by Crippen LogP contribution is 2.44. The van der Waals surface area contributed by atoms with Gasteiger partial charge in [0.2, 0.25) is 5.88 Å². The number of sulfone groups is 1. The van der Waals surface area contributed by atoms with E-state index in [2.05, 4.69) is 20.4 Å². The van der Waals surface area contributed by atoms with Crippen LogP contribution in [0.15, 0.2) is 35.6 Å². The Kier molecular flexibility index (Phi) is 8.34. The van der Waals surface area contributed by atoms with Crippen LogP contribution in [0.2, 0.25) is 0 Å². The van der Waals surface area contributed by atoms with Gasteiger partial charge in [0.1, 0.15) is 5.56 Å². The Labute approximate surface area is 221 Å². The first kappa shape index (κ1) is 29.9. The van der Waals surface area contributed by atoms with E-state index < -0.39 is 50.8 Å². The van der Waals surface area contributed by atoms with E-state index in [1.54, 1.807) is 20.8 Å². The molecule has 0 spiro atoms. The molecule has 9 nitrogen and oxygen atoms in total. The van der Waals surface area contributed by atoms with Crippen LogP contribution in [0.5, 0.6) is 11.6 Å². The van der Waals surface area contributed by atoms with Crippen LogP contribution in [-0.4, -0.2) is 39.8 Å². The molecule has 0 radical (unpaired) electrons. The van der Waals surface area contributed by atoms with Gasteiger partial charge in [-0.15, -0.1) is 0 Å². The van der Waals surface area contributed by atoms with Crippen LogP contribution in [0, 0.1) is 6.92 Å². The average Bonchev–Trinajstić information content (AvgIpc) is 3.18. The molecule has 212 valence electrons. The maximum atomic E-state index is 13.7. The zero-order chi connectivity index (χ0) is 29.3. The second kappa shape index (κ2) is 10.9. The smallest absolute Gasteiger partial charge is 0.420 e. The first-order valence-corrected chi connectivity index (χ1v) is 13.2. The molecule has 1 amide bonds. The summed E-state index contributed by atoms with van der Waals surface area (Å²) in [6, 6.07) is 2.79. The molecule has 0 bridgehead atoms. The molecule has 0 aromatic carbocycles. The van der Waals surface area contributed by atoms with Crippen LogP contribution in [0.1, 0.15) is 67.0 Å². The zero-order valence-corrected chi connectivity index (χ0v) is 22.4. The fourth-order valence-corrected chi connectivity index (χ4v) is 4.32. The van der Waals surface area contributed by atoms with Crippen molar-refractivity contribution in [3.8, 4) is 11.6 Å². The maximum absolute atomic E-state index is 13.7. The SMILES string of the molecule is CCS(=O)(=O)c1ccc(CNC(=O)c2nn(C(C)(C)C)c(Oc3cncc(C(F)F)c3C(F)(F)F)c2C)nc1. The summed E-state index contributed by atoms with van der Waals surface area (Å²) in [4.78, 5) is 20.5. The summed E-state index contributed by atoms with van der Waals surface area (Å²) in [7, 11) is -3.45. The quantitative estimate of drug-likeness (QED) is 0.367. The number of aromatic nitrogens is 4. The van der Waals surface area contributed by atoms with Crippen LogP contribution in [0.25, 0.3) is 0 Å². The van der Waals surface area contributed by atoms with Gasteiger partial charge in [0.15, 0.2) is 21.3 Å². The first-order chi connectivity index (χ1) is 18.0. The summed E-state index contributed by atoms with van der Waals surface area (Å²) in [6.45, 7) is 7.74. The number of rotatable bonds is 8. The Morgan fingerprint density at radius 2 is 1.79 bits per heavy atom. The highest BCUT2D eigenvalue weighted by atomic mass is 32.2. The number of halogens is 5. The molecule has 39 heavy (non-hydrogen) atoms. The molecular formula is C24H26F5N5O4S. The van der Waals surface area contributed by atoms with Gasteiger partial charge < -0.3 is 10.1 Å². The van der Waals surface area contributed by atoms with E-state index in [9.17, 15) is 35.2 Å². The van der Waals surface area contributed by atoms with Crippen LogP contribution in [0.3, 0.4) is 0 Å². The highest BCUT2D eigenvalue weighted by Gasteiger charge is 2.41. The van der Waals surface area contributed by atoms with E-state index in [1.807, 2.05) is 0 Å². The van der Waals surface area contributed by atoms with Crippen molar-refractivity contribution in [2.24, 2.45) is 0 Å². The molecule has 0 saturated carbocycles. The lowest BCUT2D eigenvalue weighted by Crippen LogP contribution is -2.27. The Hall–Kier alpha value is -3.62. The van der Waals surface area contributed by atoms with Crippen LogP contribution in [0.4, 0.5) is 22.0 Å². The maximum Gasteiger partial charge on any atom is 0.420 e. The predicted octanol–water partition coefficient (Wildman–Crippen LogP) is 5.21. The third kappa shape index (κ3) is 6.52. The largest absolute Gasteiger partial charge is 0.437 e. The van der Waals surface area contributed by atoms with Gasteiger partial charge in [-0.25, -0.2) is 21.9 Å². The van der Waals surface area contributed by atoms with Crippen LogP contribution in [-0.2, 0) is 28.1 Å². The molecule has 0 unspecified atom stereocenters. The lowest BCUT2D eigenvalue weighted by Gasteiger charge is -2.23. The van der Waals surface area contributed by atoms with Crippen molar-refractivity contribution >= 4 is 15.7 Å². The Bertz CT molecular complexity index is 1460. The number of hydrogen-bond donors (Lipinski definition) is 1. The Morgan fingerprint density at radius 1 is 1.13 bits per heavy atom. The lowest BCUT2D eigenvalue weighted by molar-refractivity contribution is -0.140. The number of nitrogens with zero attached hydrogens (tertiary/aromatic N) is 4. The van der Waals surface area contributed by atoms with E-state index in [0.717, 1.165) is 0 Å². The monoisotopic (exact) mass is 575 g/mol. The minimum Gasteiger partial charge on any atom is -0.437 e. The summed E-state index contributed by atoms with van der Waals surface area (Å²) < 4.78 is 98.5. The van der Waals surface area contributed by atoms with Crippen molar-refractivity contribution < 1.29 is 39.9 Å². The van der Waals surface area contributed by atoms with Gasteiger partial charge in [-0.1, -0.05) is 6.92 Å². The third-order valence-corrected chi connectivity index (χ3v) is 7.27. The van der Waals surface area contributed by atoms with Gasteiger partial charge in [0, 0.05) is 18.0 Å². The standard InChI is InChI=1S/C24H26F5N5O4S/c1-6-39(36,37)15-8-7-14(31-10-15)9-32-21(35)19-13(2)22(34(33-19)23(3,4)5)38-17-12-30-11-16(20(25)26)18(17)24(27,28)29/h7-8,10-12,20H,6,9H2,1-5H3,(H,32,35). The molecule has 0 aliphatic rings. The first-order valence-electron chi connectivity index (χ1n) is 11.5. The Balaban J connectivity index is 1.95. The van der Waals surface area contributed by atoms with E-state index in [-0.39, 0.29) is 34.3 Å². The number of nitrogens with one attached hydrogen (secondary N) is 1. The van der Waals surface area contributed by atoms with Gasteiger partial charge in [0.05, 0.1) is 40.2 Å². The van der Waals surface area contributed by atoms with E-state index >= 15 is 0 Å². The van der Waals surface area contributed by atoms with Gasteiger partial charge >= 0.3 is 6.18 Å². The molecule has 3 aromatic heterocycles. The lowest BCUT2D eigenvalue weighted by atomic mass is 10.1. The fraction of sp³-hybridized carbons (Fsp3) is 0.417. The minimum atomic E-state index is -5.18. The van der Waals surface area contributed by atoms with Crippen LogP contribution >= 0.6 is 0 Å². The van der Waals surface area contributed by atoms with E-state index in [0.29, 0.717) is 18.1 Å². The number of hydrogen-bond acceptors (Lipinski definition) is 7. The molecule has 3 aromatic rings. The second-order valence-corrected chi connectivity index (χ2v) is 11.7. The van der Waals surface area contributed by atoms with E-state index in [4.69, 9.17) is 4.74 Å². The molecule has 0 saturated heterocycles. The number of alkyl halides is 5. The molecule has 0 atom stereocenters. The average molecular weight is 576 g/mol. The second-order valence-electron chi connectivity index (χ2n) is 9.44. The Morgan fingerprint density at radius 3 is 2.31 bits per heavy atom. The summed E-state index contributed by atoms with van der Waals surface area (Å²) in [5.74, 6) is -2.05. The number of ether oxygens (including phenoxy) is 1. The normalized spacial score (nSPS) is 12.6. The molecular weight excluding hydrogens is 549 g/mol. The fourth-order valence-electron chi connectivity index (χ4n) is 3.50. The van der Waals surface area contributed by atoms with Crippen molar-refractivity contribution in [2.45, 2.75) is 64.2 Å². The minimum absolute atomic E-state index is 0.0326. The van der Waals surface area contributed by atoms with E-state index in [1.165, 1.54) is 36.9 Å². The molecule has 0 aliphatic heterocycles. The van der Waals surface area contributed by atoms with Crippen LogP contribution < -0.4 is 10.1 Å². The summed E-state index contributed by atoms with van der Waals surface area (Å²) in [5, 5.41) is 6.80. The molecule has 3 heterocycles. The van der Waals surface area contributed by atoms with Gasteiger partial charge in [0.25, 0.3) is 12.3 Å². The van der Waals surface area contributed by atoms with Crippen molar-refractivity contribution in [1.29, 1.82) is 0 Å². The molecule has 1 N–H and O–H groups in total. The zero-order valence-electron chi connectivity index (χ0n) is 21.6. The van der Waals surface area contributed by atoms with Crippen molar-refractivity contribution in [3.05, 3.63) is 58.8 Å². The molecule has 0 fully saturated rings. The van der Waals surface area contributed by atoms with Gasteiger partial charge in [-0.05, 0) is 39.8 Å². The number of carbonyl (C=O) groups is 1. The molecule has 15 heteroatoms. The van der Waals surface area contributed by atoms with Crippen molar-refractivity contribution in [1.82, 2.24) is 25.1 Å². The summed E-state index contributed by atoms with van der Waals surface area (Å²) in [6.07, 6.45) is -6.37. The third-order valence-electron chi connectivity index (χ3n) is 5.55. The van der Waals surface area contributed by atoms with Crippen molar-refractivity contribution in [2.75, 3.05) is 5.75 Å². The van der Waals surface area contributed by atoms with Crippen molar-refractivity contribution in [3.63, 3.8) is 0 Å². The number of pyridine rings is 2. The molecule has 0 aliphatic carbocycles.